The van der Waals surface area contributed by atoms with Crippen LogP contribution in [0.25, 0.3) is 0 Å². The minimum Gasteiger partial charge on any atom is -0.354 e. The van der Waals surface area contributed by atoms with E-state index in [4.69, 9.17) is 5.14 Å². The second-order valence-electron chi connectivity index (χ2n) is 6.53. The van der Waals surface area contributed by atoms with Gasteiger partial charge in [-0.2, -0.15) is 0 Å². The second-order valence-corrected chi connectivity index (χ2v) is 8.09. The van der Waals surface area contributed by atoms with Crippen molar-refractivity contribution in [3.05, 3.63) is 29.8 Å². The number of carbonyl (C=O) groups excluding carboxylic acids is 1. The number of nitrogens with zero attached hydrogens (tertiary/aromatic N) is 1. The van der Waals surface area contributed by atoms with E-state index in [1.54, 1.807) is 12.1 Å². The van der Waals surface area contributed by atoms with E-state index in [0.29, 0.717) is 19.0 Å². The van der Waals surface area contributed by atoms with Gasteiger partial charge in [-0.05, 0) is 57.5 Å². The van der Waals surface area contributed by atoms with E-state index >= 15 is 0 Å². The van der Waals surface area contributed by atoms with Gasteiger partial charge >= 0.3 is 0 Å². The molecule has 1 aromatic carbocycles. The van der Waals surface area contributed by atoms with Crippen molar-refractivity contribution in [3.8, 4) is 0 Å². The zero-order chi connectivity index (χ0) is 18.4. The second kappa shape index (κ2) is 8.75. The molecule has 1 heterocycles. The van der Waals surface area contributed by atoms with Crippen molar-refractivity contribution in [2.45, 2.75) is 43.2 Å². The van der Waals surface area contributed by atoms with Gasteiger partial charge in [0.25, 0.3) is 0 Å². The molecule has 0 spiro atoms. The van der Waals surface area contributed by atoms with Crippen LogP contribution in [0.3, 0.4) is 0 Å². The number of piperidine rings is 1. The van der Waals surface area contributed by atoms with Crippen LogP contribution in [0.2, 0.25) is 0 Å². The van der Waals surface area contributed by atoms with Gasteiger partial charge in [0.1, 0.15) is 0 Å². The van der Waals surface area contributed by atoms with Crippen LogP contribution in [0.15, 0.2) is 29.2 Å². The molecule has 4 N–H and O–H groups in total. The molecule has 0 aromatic heterocycles. The number of likely N-dealkylation sites (N-methyl/N-ethyl adjacent to an activating group) is 1. The van der Waals surface area contributed by atoms with Crippen LogP contribution in [0, 0.1) is 0 Å². The number of amides is 1. The summed E-state index contributed by atoms with van der Waals surface area (Å²) in [6.45, 7) is 4.29. The largest absolute Gasteiger partial charge is 0.354 e. The van der Waals surface area contributed by atoms with Crippen molar-refractivity contribution >= 4 is 15.9 Å². The van der Waals surface area contributed by atoms with E-state index in [2.05, 4.69) is 15.5 Å². The van der Waals surface area contributed by atoms with Gasteiger partial charge in [0.2, 0.25) is 15.9 Å². The Hall–Kier alpha value is -1.48. The number of rotatable bonds is 7. The molecule has 1 saturated heterocycles. The fraction of sp³-hybridized carbons (Fsp3) is 0.588. The summed E-state index contributed by atoms with van der Waals surface area (Å²) in [4.78, 5) is 14.6. The first-order valence-electron chi connectivity index (χ1n) is 8.62. The summed E-state index contributed by atoms with van der Waals surface area (Å²) >= 11 is 0. The van der Waals surface area contributed by atoms with Crippen LogP contribution in [0.1, 0.15) is 25.3 Å². The summed E-state index contributed by atoms with van der Waals surface area (Å²) in [6, 6.07) is 6.71. The van der Waals surface area contributed by atoms with Gasteiger partial charge in [-0.1, -0.05) is 12.1 Å². The minimum atomic E-state index is -3.66. The van der Waals surface area contributed by atoms with Crippen molar-refractivity contribution in [1.29, 1.82) is 0 Å². The number of benzene rings is 1. The smallest absolute Gasteiger partial charge is 0.238 e. The van der Waals surface area contributed by atoms with E-state index in [0.717, 1.165) is 31.5 Å². The molecule has 1 amide bonds. The average Bonchev–Trinajstić information content (AvgIpc) is 2.60. The molecule has 0 bridgehead atoms. The first-order valence-corrected chi connectivity index (χ1v) is 10.2. The lowest BCUT2D eigenvalue weighted by atomic mass is 10.0. The zero-order valence-electron chi connectivity index (χ0n) is 14.9. The molecule has 0 saturated carbocycles. The third-order valence-electron chi connectivity index (χ3n) is 4.75. The van der Waals surface area contributed by atoms with Crippen molar-refractivity contribution in [3.63, 3.8) is 0 Å². The Morgan fingerprint density at radius 1 is 1.36 bits per heavy atom. The summed E-state index contributed by atoms with van der Waals surface area (Å²) in [5.74, 6) is 0.0258. The highest BCUT2D eigenvalue weighted by Crippen LogP contribution is 2.13. The molecule has 0 radical (unpaired) electrons. The van der Waals surface area contributed by atoms with Crippen LogP contribution in [-0.4, -0.2) is 58.0 Å². The van der Waals surface area contributed by atoms with Crippen molar-refractivity contribution in [2.75, 3.05) is 26.7 Å². The molecule has 2 rings (SSSR count). The van der Waals surface area contributed by atoms with Gasteiger partial charge < -0.3 is 10.6 Å². The van der Waals surface area contributed by atoms with E-state index in [1.165, 1.54) is 12.1 Å². The summed E-state index contributed by atoms with van der Waals surface area (Å²) in [7, 11) is -1.71. The molecule has 0 aliphatic carbocycles. The van der Waals surface area contributed by atoms with Crippen LogP contribution in [-0.2, 0) is 21.2 Å². The van der Waals surface area contributed by atoms with Crippen LogP contribution in [0.5, 0.6) is 0 Å². The van der Waals surface area contributed by atoms with Gasteiger partial charge in [0, 0.05) is 19.1 Å². The number of primary sulfonamides is 1. The lowest BCUT2D eigenvalue weighted by Crippen LogP contribution is -2.52. The van der Waals surface area contributed by atoms with Gasteiger partial charge in [-0.3, -0.25) is 9.69 Å². The quantitative estimate of drug-likeness (QED) is 0.631. The molecular weight excluding hydrogens is 340 g/mol. The summed E-state index contributed by atoms with van der Waals surface area (Å²) < 4.78 is 22.5. The van der Waals surface area contributed by atoms with Crippen molar-refractivity contribution < 1.29 is 13.2 Å². The topological polar surface area (TPSA) is 105 Å². The number of hydrogen-bond acceptors (Lipinski definition) is 5. The summed E-state index contributed by atoms with van der Waals surface area (Å²) in [5.41, 5.74) is 0.952. The van der Waals surface area contributed by atoms with Gasteiger partial charge in [-0.25, -0.2) is 13.6 Å². The van der Waals surface area contributed by atoms with E-state index < -0.39 is 10.0 Å². The average molecular weight is 369 g/mol. The molecule has 25 heavy (non-hydrogen) atoms. The lowest BCUT2D eigenvalue weighted by molar-refractivity contribution is -0.126. The van der Waals surface area contributed by atoms with Gasteiger partial charge in [-0.15, -0.1) is 0 Å². The fourth-order valence-electron chi connectivity index (χ4n) is 3.08. The lowest BCUT2D eigenvalue weighted by Gasteiger charge is -2.35. The van der Waals surface area contributed by atoms with Crippen LogP contribution >= 0.6 is 0 Å². The molecular formula is C17H28N4O3S. The molecule has 1 fully saturated rings. The molecule has 1 aliphatic heterocycles. The molecule has 2 unspecified atom stereocenters. The molecule has 140 valence electrons. The van der Waals surface area contributed by atoms with Gasteiger partial charge in [0.15, 0.2) is 0 Å². The summed E-state index contributed by atoms with van der Waals surface area (Å²) in [5, 5.41) is 11.3. The Morgan fingerprint density at radius 3 is 2.64 bits per heavy atom. The Balaban J connectivity index is 1.79. The normalized spacial score (nSPS) is 20.2. The third-order valence-corrected chi connectivity index (χ3v) is 5.68. The highest BCUT2D eigenvalue weighted by molar-refractivity contribution is 7.89. The number of nitrogens with one attached hydrogen (secondary N) is 2. The summed E-state index contributed by atoms with van der Waals surface area (Å²) in [6.07, 6.45) is 2.89. The Morgan fingerprint density at radius 2 is 2.04 bits per heavy atom. The number of carbonyl (C=O) groups is 1. The highest BCUT2D eigenvalue weighted by Gasteiger charge is 2.26. The monoisotopic (exact) mass is 368 g/mol. The molecule has 1 aliphatic rings. The zero-order valence-corrected chi connectivity index (χ0v) is 15.7. The Kier molecular flexibility index (Phi) is 6.95. The SMILES string of the molecule is CNC1CCCN(C(C)C(=O)NCCc2ccc(S(N)(=O)=O)cc2)C1. The maximum atomic E-state index is 12.3. The third kappa shape index (κ3) is 5.78. The Bertz CT molecular complexity index is 676. The number of sulfonamides is 1. The number of likely N-dealkylation sites (tertiary alicyclic amines) is 1. The maximum absolute atomic E-state index is 12.3. The minimum absolute atomic E-state index is 0.0258. The Labute approximate surface area is 150 Å². The molecule has 7 nitrogen and oxygen atoms in total. The predicted molar refractivity (Wildman–Crippen MR) is 97.6 cm³/mol. The van der Waals surface area contributed by atoms with Crippen molar-refractivity contribution in [2.24, 2.45) is 5.14 Å². The van der Waals surface area contributed by atoms with E-state index in [1.807, 2.05) is 14.0 Å². The first-order chi connectivity index (χ1) is 11.8. The van der Waals surface area contributed by atoms with Gasteiger partial charge in [0.05, 0.1) is 10.9 Å². The number of nitrogens with two attached hydrogens (primary N) is 1. The van der Waals surface area contributed by atoms with Crippen LogP contribution < -0.4 is 15.8 Å². The molecule has 1 aromatic rings. The van der Waals surface area contributed by atoms with Crippen LogP contribution in [0.4, 0.5) is 0 Å². The fourth-order valence-corrected chi connectivity index (χ4v) is 3.60. The predicted octanol–water partition coefficient (Wildman–Crippen LogP) is 0.0650. The number of hydrogen-bond donors (Lipinski definition) is 3. The molecule has 2 atom stereocenters. The first kappa shape index (κ1) is 19.8. The molecule has 8 heteroatoms. The standard InChI is InChI=1S/C17H28N4O3S/c1-13(21-11-3-4-15(12-21)19-2)17(22)20-10-9-14-5-7-16(8-6-14)25(18,23)24/h5-8,13,15,19H,3-4,9-12H2,1-2H3,(H,20,22)(H2,18,23,24). The maximum Gasteiger partial charge on any atom is 0.238 e. The van der Waals surface area contributed by atoms with E-state index in [9.17, 15) is 13.2 Å². The van der Waals surface area contributed by atoms with Crippen molar-refractivity contribution in [1.82, 2.24) is 15.5 Å². The highest BCUT2D eigenvalue weighted by atomic mass is 32.2. The van der Waals surface area contributed by atoms with E-state index in [-0.39, 0.29) is 16.8 Å².